The van der Waals surface area contributed by atoms with Crippen LogP contribution in [0, 0.1) is 10.8 Å². The van der Waals surface area contributed by atoms with Crippen molar-refractivity contribution in [3.63, 3.8) is 0 Å². The largest absolute Gasteiger partial charge is 0.467 e. The van der Waals surface area contributed by atoms with Crippen molar-refractivity contribution < 1.29 is 28.3 Å². The van der Waals surface area contributed by atoms with E-state index < -0.39 is 17.8 Å². The molecule has 2 aromatic rings. The Balaban J connectivity index is 1.24. The van der Waals surface area contributed by atoms with E-state index in [1.54, 1.807) is 12.1 Å². The molecule has 2 aliphatic heterocycles. The molecule has 1 aliphatic carbocycles. The van der Waals surface area contributed by atoms with Gasteiger partial charge in [0.05, 0.1) is 29.5 Å². The van der Waals surface area contributed by atoms with Crippen molar-refractivity contribution in [2.24, 2.45) is 10.8 Å². The van der Waals surface area contributed by atoms with Crippen molar-refractivity contribution in [1.82, 2.24) is 9.80 Å². The minimum atomic E-state index is -0.699. The number of ether oxygens (including phenoxy) is 1. The van der Waals surface area contributed by atoms with Gasteiger partial charge in [0.15, 0.2) is 6.61 Å². The zero-order valence-corrected chi connectivity index (χ0v) is 19.6. The third-order valence-corrected chi connectivity index (χ3v) is 7.16. The van der Waals surface area contributed by atoms with Gasteiger partial charge in [-0.15, -0.1) is 0 Å². The van der Waals surface area contributed by atoms with Gasteiger partial charge in [-0.05, 0) is 60.4 Å². The summed E-state index contributed by atoms with van der Waals surface area (Å²) in [6.07, 6.45) is 4.46. The molecule has 1 saturated carbocycles. The normalized spacial score (nSPS) is 25.0. The number of furan rings is 1. The summed E-state index contributed by atoms with van der Waals surface area (Å²) in [5.41, 5.74) is 0.773. The molecule has 0 spiro atoms. The molecule has 2 fully saturated rings. The fraction of sp³-hybridized carbons (Fsp3) is 0.462. The Morgan fingerprint density at radius 1 is 1.09 bits per heavy atom. The summed E-state index contributed by atoms with van der Waals surface area (Å²) in [6, 6.07) is 7.78. The lowest BCUT2D eigenvalue weighted by Gasteiger charge is -2.39. The molecular weight excluding hydrogens is 436 g/mol. The fourth-order valence-corrected chi connectivity index (χ4v) is 6.16. The first kappa shape index (κ1) is 22.4. The first-order valence-corrected chi connectivity index (χ1v) is 11.5. The van der Waals surface area contributed by atoms with Crippen molar-refractivity contribution in [3.8, 4) is 0 Å². The lowest BCUT2D eigenvalue weighted by Crippen LogP contribution is -2.39. The van der Waals surface area contributed by atoms with Crippen LogP contribution in [0.1, 0.15) is 76.9 Å². The molecule has 34 heavy (non-hydrogen) atoms. The molecule has 178 valence electrons. The molecule has 0 radical (unpaired) electrons. The lowest BCUT2D eigenvalue weighted by atomic mass is 9.65. The molecule has 2 atom stereocenters. The van der Waals surface area contributed by atoms with Gasteiger partial charge in [0.2, 0.25) is 0 Å². The quantitative estimate of drug-likeness (QED) is 0.495. The Morgan fingerprint density at radius 2 is 1.85 bits per heavy atom. The van der Waals surface area contributed by atoms with Crippen LogP contribution in [0.4, 0.5) is 0 Å². The number of benzene rings is 1. The number of esters is 1. The fourth-order valence-electron chi connectivity index (χ4n) is 6.16. The van der Waals surface area contributed by atoms with E-state index in [9.17, 15) is 19.2 Å². The maximum Gasteiger partial charge on any atom is 0.338 e. The number of imide groups is 1. The van der Waals surface area contributed by atoms with Gasteiger partial charge in [0.1, 0.15) is 5.76 Å². The maximum atomic E-state index is 12.9. The van der Waals surface area contributed by atoms with Gasteiger partial charge in [-0.3, -0.25) is 19.3 Å². The second-order valence-corrected chi connectivity index (χ2v) is 10.8. The minimum Gasteiger partial charge on any atom is -0.467 e. The molecule has 2 unspecified atom stereocenters. The zero-order valence-electron chi connectivity index (χ0n) is 19.6. The highest BCUT2D eigenvalue weighted by atomic mass is 16.5. The molecule has 1 aromatic carbocycles. The first-order chi connectivity index (χ1) is 16.1. The molecule has 3 heterocycles. The van der Waals surface area contributed by atoms with E-state index in [2.05, 4.69) is 20.8 Å². The van der Waals surface area contributed by atoms with Crippen LogP contribution in [0.2, 0.25) is 0 Å². The predicted molar refractivity (Wildman–Crippen MR) is 121 cm³/mol. The minimum absolute atomic E-state index is 0.0142. The van der Waals surface area contributed by atoms with E-state index >= 15 is 0 Å². The van der Waals surface area contributed by atoms with Crippen LogP contribution in [0.5, 0.6) is 0 Å². The van der Waals surface area contributed by atoms with E-state index in [1.807, 2.05) is 4.90 Å². The Bertz CT molecular complexity index is 1180. The summed E-state index contributed by atoms with van der Waals surface area (Å²) >= 11 is 0. The van der Waals surface area contributed by atoms with Crippen molar-refractivity contribution in [1.29, 1.82) is 0 Å². The average Bonchev–Trinajstić information content (AvgIpc) is 3.44. The Labute approximate surface area is 197 Å². The van der Waals surface area contributed by atoms with Gasteiger partial charge in [-0.2, -0.15) is 0 Å². The second-order valence-electron chi connectivity index (χ2n) is 10.8. The topological polar surface area (TPSA) is 97.1 Å². The summed E-state index contributed by atoms with van der Waals surface area (Å²) in [4.78, 5) is 53.9. The van der Waals surface area contributed by atoms with Crippen molar-refractivity contribution >= 4 is 23.7 Å². The zero-order chi connectivity index (χ0) is 24.3. The van der Waals surface area contributed by atoms with Gasteiger partial charge in [0.25, 0.3) is 17.7 Å². The van der Waals surface area contributed by atoms with Crippen LogP contribution < -0.4 is 0 Å². The van der Waals surface area contributed by atoms with Crippen LogP contribution in [-0.4, -0.2) is 52.7 Å². The molecule has 8 nitrogen and oxygen atoms in total. The number of fused-ring (bicyclic) bond motifs is 3. The summed E-state index contributed by atoms with van der Waals surface area (Å²) in [5, 5.41) is 0. The van der Waals surface area contributed by atoms with E-state index in [4.69, 9.17) is 9.15 Å². The number of carbonyl (C=O) groups excluding carboxylic acids is 4. The molecule has 1 saturated heterocycles. The van der Waals surface area contributed by atoms with Crippen molar-refractivity contribution in [2.45, 2.75) is 52.6 Å². The SMILES string of the molecule is CC1(C)CC2CC(C)(CN2C(=O)COC(=O)c2ccc3c(c2)C(=O)N(Cc2ccco2)C3=O)C1. The molecule has 2 bridgehead atoms. The Hall–Kier alpha value is -3.42. The van der Waals surface area contributed by atoms with Crippen molar-refractivity contribution in [3.05, 3.63) is 59.0 Å². The predicted octanol–water partition coefficient (Wildman–Crippen LogP) is 3.66. The maximum absolute atomic E-state index is 12.9. The molecule has 3 aliphatic rings. The summed E-state index contributed by atoms with van der Waals surface area (Å²) in [7, 11) is 0. The van der Waals surface area contributed by atoms with E-state index in [-0.39, 0.29) is 52.6 Å². The van der Waals surface area contributed by atoms with Crippen LogP contribution in [0.25, 0.3) is 0 Å². The average molecular weight is 465 g/mol. The second kappa shape index (κ2) is 7.82. The lowest BCUT2D eigenvalue weighted by molar-refractivity contribution is -0.135. The molecule has 1 aromatic heterocycles. The number of amides is 3. The number of hydrogen-bond donors (Lipinski definition) is 0. The molecule has 3 amide bonds. The van der Waals surface area contributed by atoms with Gasteiger partial charge < -0.3 is 14.1 Å². The molecule has 0 N–H and O–H groups in total. The number of carbonyl (C=O) groups is 4. The third-order valence-electron chi connectivity index (χ3n) is 7.16. The van der Waals surface area contributed by atoms with Gasteiger partial charge >= 0.3 is 5.97 Å². The first-order valence-electron chi connectivity index (χ1n) is 11.5. The number of nitrogens with zero attached hydrogens (tertiary/aromatic N) is 2. The van der Waals surface area contributed by atoms with Crippen LogP contribution in [0.3, 0.4) is 0 Å². The Morgan fingerprint density at radius 3 is 2.59 bits per heavy atom. The van der Waals surface area contributed by atoms with E-state index in [0.717, 1.165) is 24.2 Å². The van der Waals surface area contributed by atoms with Crippen LogP contribution >= 0.6 is 0 Å². The van der Waals surface area contributed by atoms with Crippen LogP contribution in [-0.2, 0) is 16.1 Å². The highest BCUT2D eigenvalue weighted by Crippen LogP contribution is 2.52. The monoisotopic (exact) mass is 464 g/mol. The standard InChI is InChI=1S/C26H28N2O6/c1-25(2)10-17-11-26(3,14-25)15-28(17)21(29)13-34-24(32)16-6-7-19-20(9-16)23(31)27(22(19)30)12-18-5-4-8-33-18/h4-9,17H,10-15H2,1-3H3. The smallest absolute Gasteiger partial charge is 0.338 e. The molecular formula is C26H28N2O6. The summed E-state index contributed by atoms with van der Waals surface area (Å²) < 4.78 is 10.6. The van der Waals surface area contributed by atoms with Crippen LogP contribution in [0.15, 0.2) is 41.0 Å². The van der Waals surface area contributed by atoms with Crippen molar-refractivity contribution in [2.75, 3.05) is 13.2 Å². The number of hydrogen-bond acceptors (Lipinski definition) is 6. The highest BCUT2D eigenvalue weighted by Gasteiger charge is 2.51. The van der Waals surface area contributed by atoms with Gasteiger partial charge in [0, 0.05) is 12.6 Å². The summed E-state index contributed by atoms with van der Waals surface area (Å²) in [6.45, 7) is 7.04. The number of likely N-dealkylation sites (tertiary alicyclic amines) is 1. The third kappa shape index (κ3) is 3.91. The number of rotatable bonds is 5. The van der Waals surface area contributed by atoms with Gasteiger partial charge in [-0.25, -0.2) is 4.79 Å². The van der Waals surface area contributed by atoms with Gasteiger partial charge in [-0.1, -0.05) is 20.8 Å². The molecule has 8 heteroatoms. The van der Waals surface area contributed by atoms with E-state index in [1.165, 1.54) is 24.5 Å². The van der Waals surface area contributed by atoms with E-state index in [0.29, 0.717) is 12.3 Å². The molecule has 5 rings (SSSR count). The summed E-state index contributed by atoms with van der Waals surface area (Å²) in [5.74, 6) is -1.35. The Kier molecular flexibility index (Phi) is 5.15. The highest BCUT2D eigenvalue weighted by molar-refractivity contribution is 6.21.